The van der Waals surface area contributed by atoms with Gasteiger partial charge < -0.3 is 10.6 Å². The van der Waals surface area contributed by atoms with Crippen molar-refractivity contribution in [1.29, 1.82) is 0 Å². The lowest BCUT2D eigenvalue weighted by atomic mass is 10.2. The average molecular weight is 397 g/mol. The number of nitrogens with zero attached hydrogens (tertiary/aromatic N) is 2. The second kappa shape index (κ2) is 7.90. The van der Waals surface area contributed by atoms with Gasteiger partial charge in [0.25, 0.3) is 5.91 Å². The predicted molar refractivity (Wildman–Crippen MR) is 103 cm³/mol. The van der Waals surface area contributed by atoms with Crippen LogP contribution in [0.15, 0.2) is 65.5 Å². The highest BCUT2D eigenvalue weighted by molar-refractivity contribution is 9.10. The van der Waals surface area contributed by atoms with Crippen molar-refractivity contribution in [3.63, 3.8) is 0 Å². The summed E-state index contributed by atoms with van der Waals surface area (Å²) in [7, 11) is 0. The van der Waals surface area contributed by atoms with E-state index in [9.17, 15) is 4.79 Å². The van der Waals surface area contributed by atoms with E-state index in [0.29, 0.717) is 17.9 Å². The second-order valence-corrected chi connectivity index (χ2v) is 6.48. The van der Waals surface area contributed by atoms with Crippen LogP contribution in [0.25, 0.3) is 0 Å². The summed E-state index contributed by atoms with van der Waals surface area (Å²) in [5, 5.41) is 6.11. The SMILES string of the molecule is Cc1cc(Br)ccc1NC(=O)c1ccc(NCc2cccnc2)nc1. The van der Waals surface area contributed by atoms with E-state index in [1.807, 2.05) is 37.3 Å². The smallest absolute Gasteiger partial charge is 0.257 e. The summed E-state index contributed by atoms with van der Waals surface area (Å²) < 4.78 is 0.980. The Kier molecular flexibility index (Phi) is 5.40. The predicted octanol–water partition coefficient (Wildman–Crippen LogP) is 4.41. The molecule has 1 amide bonds. The fourth-order valence-electron chi connectivity index (χ4n) is 2.29. The molecule has 0 atom stereocenters. The molecule has 5 nitrogen and oxygen atoms in total. The van der Waals surface area contributed by atoms with E-state index in [0.717, 1.165) is 21.3 Å². The van der Waals surface area contributed by atoms with Gasteiger partial charge >= 0.3 is 0 Å². The van der Waals surface area contributed by atoms with Gasteiger partial charge in [0.15, 0.2) is 0 Å². The van der Waals surface area contributed by atoms with Gasteiger partial charge in [0, 0.05) is 35.3 Å². The summed E-state index contributed by atoms with van der Waals surface area (Å²) in [5.74, 6) is 0.525. The summed E-state index contributed by atoms with van der Waals surface area (Å²) in [6.07, 6.45) is 5.10. The van der Waals surface area contributed by atoms with Gasteiger partial charge in [-0.25, -0.2) is 4.98 Å². The maximum Gasteiger partial charge on any atom is 0.257 e. The summed E-state index contributed by atoms with van der Waals surface area (Å²) in [4.78, 5) is 20.7. The van der Waals surface area contributed by atoms with Gasteiger partial charge in [-0.1, -0.05) is 22.0 Å². The zero-order chi connectivity index (χ0) is 17.6. The number of aryl methyl sites for hydroxylation is 1. The van der Waals surface area contributed by atoms with E-state index in [-0.39, 0.29) is 5.91 Å². The third kappa shape index (κ3) is 4.64. The molecule has 6 heteroatoms. The molecular weight excluding hydrogens is 380 g/mol. The first-order valence-corrected chi connectivity index (χ1v) is 8.57. The van der Waals surface area contributed by atoms with Crippen molar-refractivity contribution >= 4 is 33.3 Å². The van der Waals surface area contributed by atoms with Crippen molar-refractivity contribution < 1.29 is 4.79 Å². The van der Waals surface area contributed by atoms with E-state index in [2.05, 4.69) is 36.5 Å². The molecule has 3 rings (SSSR count). The van der Waals surface area contributed by atoms with Crippen LogP contribution in [0.4, 0.5) is 11.5 Å². The molecule has 25 heavy (non-hydrogen) atoms. The van der Waals surface area contributed by atoms with Crippen molar-refractivity contribution in [3.8, 4) is 0 Å². The molecule has 0 aliphatic rings. The third-order valence-corrected chi connectivity index (χ3v) is 4.15. The number of anilines is 2. The first-order chi connectivity index (χ1) is 12.1. The van der Waals surface area contributed by atoms with E-state index in [1.165, 1.54) is 0 Å². The molecule has 0 saturated carbocycles. The number of carbonyl (C=O) groups excluding carboxylic acids is 1. The van der Waals surface area contributed by atoms with Gasteiger partial charge in [0.2, 0.25) is 0 Å². The molecule has 0 radical (unpaired) electrons. The molecule has 3 aromatic rings. The molecule has 2 heterocycles. The second-order valence-electron chi connectivity index (χ2n) is 5.56. The van der Waals surface area contributed by atoms with Gasteiger partial charge in [-0.2, -0.15) is 0 Å². The average Bonchev–Trinajstić information content (AvgIpc) is 2.63. The lowest BCUT2D eigenvalue weighted by Crippen LogP contribution is -2.13. The molecule has 0 aliphatic carbocycles. The van der Waals surface area contributed by atoms with Crippen LogP contribution in [0.3, 0.4) is 0 Å². The minimum absolute atomic E-state index is 0.184. The number of benzene rings is 1. The van der Waals surface area contributed by atoms with Crippen LogP contribution in [0.5, 0.6) is 0 Å². The maximum absolute atomic E-state index is 12.4. The Morgan fingerprint density at radius 3 is 2.72 bits per heavy atom. The molecule has 0 unspecified atom stereocenters. The summed E-state index contributed by atoms with van der Waals surface area (Å²) in [6.45, 7) is 2.58. The minimum Gasteiger partial charge on any atom is -0.366 e. The van der Waals surface area contributed by atoms with E-state index < -0.39 is 0 Å². The number of amides is 1. The number of hydrogen-bond donors (Lipinski definition) is 2. The lowest BCUT2D eigenvalue weighted by molar-refractivity contribution is 0.102. The van der Waals surface area contributed by atoms with Crippen molar-refractivity contribution in [2.24, 2.45) is 0 Å². The van der Waals surface area contributed by atoms with Gasteiger partial charge in [0.1, 0.15) is 5.82 Å². The van der Waals surface area contributed by atoms with Gasteiger partial charge in [0.05, 0.1) is 5.56 Å². The molecular formula is C19H17BrN4O. The first-order valence-electron chi connectivity index (χ1n) is 7.78. The Bertz CT molecular complexity index is 866. The van der Waals surface area contributed by atoms with E-state index >= 15 is 0 Å². The molecule has 0 bridgehead atoms. The van der Waals surface area contributed by atoms with Crippen LogP contribution < -0.4 is 10.6 Å². The van der Waals surface area contributed by atoms with Gasteiger partial charge in [-0.3, -0.25) is 9.78 Å². The van der Waals surface area contributed by atoms with Crippen LogP contribution in [-0.2, 0) is 6.54 Å². The largest absolute Gasteiger partial charge is 0.366 e. The first kappa shape index (κ1) is 17.1. The summed E-state index contributed by atoms with van der Waals surface area (Å²) in [5.41, 5.74) is 3.35. The zero-order valence-corrected chi connectivity index (χ0v) is 15.2. The number of halogens is 1. The molecule has 0 saturated heterocycles. The minimum atomic E-state index is -0.184. The van der Waals surface area contributed by atoms with Crippen molar-refractivity contribution in [3.05, 3.63) is 82.2 Å². The fourth-order valence-corrected chi connectivity index (χ4v) is 2.77. The normalized spacial score (nSPS) is 10.3. The fraction of sp³-hybridized carbons (Fsp3) is 0.105. The van der Waals surface area contributed by atoms with Gasteiger partial charge in [-0.15, -0.1) is 0 Å². The summed E-state index contributed by atoms with van der Waals surface area (Å²) >= 11 is 3.41. The number of aromatic nitrogens is 2. The van der Waals surface area contributed by atoms with E-state index in [4.69, 9.17) is 0 Å². The quantitative estimate of drug-likeness (QED) is 0.669. The highest BCUT2D eigenvalue weighted by Crippen LogP contribution is 2.20. The van der Waals surface area contributed by atoms with E-state index in [1.54, 1.807) is 30.7 Å². The number of hydrogen-bond acceptors (Lipinski definition) is 4. The topological polar surface area (TPSA) is 66.9 Å². The lowest BCUT2D eigenvalue weighted by Gasteiger charge is -2.09. The van der Waals surface area contributed by atoms with Crippen molar-refractivity contribution in [2.75, 3.05) is 10.6 Å². The molecule has 0 spiro atoms. The highest BCUT2D eigenvalue weighted by atomic mass is 79.9. The van der Waals surface area contributed by atoms with Crippen LogP contribution in [0, 0.1) is 6.92 Å². The molecule has 2 aromatic heterocycles. The molecule has 1 aromatic carbocycles. The molecule has 126 valence electrons. The molecule has 0 fully saturated rings. The van der Waals surface area contributed by atoms with Crippen molar-refractivity contribution in [2.45, 2.75) is 13.5 Å². The number of nitrogens with one attached hydrogen (secondary N) is 2. The van der Waals surface area contributed by atoms with Crippen LogP contribution in [0.1, 0.15) is 21.5 Å². The Balaban J connectivity index is 1.62. The Morgan fingerprint density at radius 1 is 1.16 bits per heavy atom. The maximum atomic E-state index is 12.4. The Labute approximate surface area is 154 Å². The molecule has 0 aliphatic heterocycles. The monoisotopic (exact) mass is 396 g/mol. The number of pyridine rings is 2. The van der Waals surface area contributed by atoms with Crippen LogP contribution >= 0.6 is 15.9 Å². The van der Waals surface area contributed by atoms with Crippen LogP contribution in [-0.4, -0.2) is 15.9 Å². The van der Waals surface area contributed by atoms with Crippen LogP contribution in [0.2, 0.25) is 0 Å². The van der Waals surface area contributed by atoms with Gasteiger partial charge in [-0.05, 0) is 54.4 Å². The highest BCUT2D eigenvalue weighted by Gasteiger charge is 2.08. The zero-order valence-electron chi connectivity index (χ0n) is 13.7. The number of carbonyl (C=O) groups is 1. The summed E-state index contributed by atoms with van der Waals surface area (Å²) in [6, 6.07) is 13.1. The number of rotatable bonds is 5. The standard InChI is InChI=1S/C19H17BrN4O/c1-13-9-16(20)5-6-17(13)24-19(25)15-4-7-18(23-12-15)22-11-14-3-2-8-21-10-14/h2-10,12H,11H2,1H3,(H,22,23)(H,24,25). The third-order valence-electron chi connectivity index (χ3n) is 3.66. The van der Waals surface area contributed by atoms with Crippen molar-refractivity contribution in [1.82, 2.24) is 9.97 Å². The molecule has 2 N–H and O–H groups in total. The Hall–Kier alpha value is -2.73. The Morgan fingerprint density at radius 2 is 2.04 bits per heavy atom.